The summed E-state index contributed by atoms with van der Waals surface area (Å²) in [5.41, 5.74) is 13.3. The second-order valence-electron chi connectivity index (χ2n) is 13.4. The third kappa shape index (κ3) is 4.85. The van der Waals surface area contributed by atoms with Gasteiger partial charge in [0.2, 0.25) is 0 Å². The van der Waals surface area contributed by atoms with Gasteiger partial charge in [-0.15, -0.1) is 0 Å². The van der Waals surface area contributed by atoms with Gasteiger partial charge in [-0.3, -0.25) is 9.55 Å². The second-order valence-corrected chi connectivity index (χ2v) is 14.5. The van der Waals surface area contributed by atoms with Gasteiger partial charge >= 0.3 is 0 Å². The monoisotopic (exact) mass is 695 g/mol. The second kappa shape index (κ2) is 11.9. The van der Waals surface area contributed by atoms with Gasteiger partial charge in [-0.05, 0) is 105 Å². The van der Waals surface area contributed by atoms with Crippen molar-refractivity contribution in [3.05, 3.63) is 175 Å². The van der Waals surface area contributed by atoms with Crippen LogP contribution in [-0.2, 0) is 0 Å². The van der Waals surface area contributed by atoms with E-state index in [2.05, 4.69) is 143 Å². The minimum atomic E-state index is 0.883. The van der Waals surface area contributed by atoms with Crippen molar-refractivity contribution in [2.24, 2.45) is 0 Å². The highest BCUT2D eigenvalue weighted by atomic mass is 32.2. The molecule has 0 aliphatic carbocycles. The zero-order valence-electron chi connectivity index (χ0n) is 28.4. The van der Waals surface area contributed by atoms with Gasteiger partial charge in [0, 0.05) is 49.9 Å². The maximum Gasteiger partial charge on any atom is 0.137 e. The molecule has 4 aromatic heterocycles. The maximum absolute atomic E-state index is 6.51. The number of nitrogens with zero attached hydrogens (tertiary/aromatic N) is 3. The summed E-state index contributed by atoms with van der Waals surface area (Å²) in [6, 6.07) is 52.0. The number of rotatable bonds is 2. The minimum Gasteiger partial charge on any atom is -0.456 e. The number of para-hydroxylation sites is 1. The fourth-order valence-corrected chi connectivity index (χ4v) is 9.03. The molecular weight excluding hydrogens is 667 g/mol. The summed E-state index contributed by atoms with van der Waals surface area (Å²) < 4.78 is 8.73. The molecule has 248 valence electrons. The average Bonchev–Trinajstić information content (AvgIpc) is 3.74. The van der Waals surface area contributed by atoms with Gasteiger partial charge in [0.15, 0.2) is 0 Å². The molecule has 4 nitrogen and oxygen atoms in total. The predicted octanol–water partition coefficient (Wildman–Crippen LogP) is 13.1. The Morgan fingerprint density at radius 1 is 0.472 bits per heavy atom. The fraction of sp³-hybridized carbons (Fsp3) is 0. The Labute approximate surface area is 309 Å². The van der Waals surface area contributed by atoms with Gasteiger partial charge in [0.25, 0.3) is 0 Å². The summed E-state index contributed by atoms with van der Waals surface area (Å²) in [7, 11) is 0. The van der Waals surface area contributed by atoms with E-state index in [0.29, 0.717) is 0 Å². The zero-order chi connectivity index (χ0) is 34.9. The number of pyridine rings is 2. The molecule has 0 saturated carbocycles. The predicted molar refractivity (Wildman–Crippen MR) is 219 cm³/mol. The van der Waals surface area contributed by atoms with Gasteiger partial charge < -0.3 is 4.42 Å². The van der Waals surface area contributed by atoms with Crippen LogP contribution in [0, 0.1) is 0 Å². The summed E-state index contributed by atoms with van der Waals surface area (Å²) in [6.45, 7) is 0. The molecule has 5 heteroatoms. The van der Waals surface area contributed by atoms with Crippen LogP contribution in [0.25, 0.3) is 95.1 Å². The highest BCUT2D eigenvalue weighted by molar-refractivity contribution is 7.99. The maximum atomic E-state index is 6.51. The summed E-state index contributed by atoms with van der Waals surface area (Å²) in [5, 5.41) is 4.48. The lowest BCUT2D eigenvalue weighted by molar-refractivity contribution is 0.669. The zero-order valence-corrected chi connectivity index (χ0v) is 29.2. The number of hydrogen-bond donors (Lipinski definition) is 0. The Morgan fingerprint density at radius 2 is 1.25 bits per heavy atom. The van der Waals surface area contributed by atoms with E-state index in [4.69, 9.17) is 9.40 Å². The lowest BCUT2D eigenvalue weighted by Gasteiger charge is -2.16. The number of aromatic nitrogens is 3. The summed E-state index contributed by atoms with van der Waals surface area (Å²) in [6.07, 6.45) is 10.2. The van der Waals surface area contributed by atoms with Crippen LogP contribution < -0.4 is 0 Å². The van der Waals surface area contributed by atoms with Crippen molar-refractivity contribution in [3.63, 3.8) is 0 Å². The van der Waals surface area contributed by atoms with E-state index in [1.165, 1.54) is 26.5 Å². The smallest absolute Gasteiger partial charge is 0.137 e. The van der Waals surface area contributed by atoms with E-state index in [1.54, 1.807) is 0 Å². The van der Waals surface area contributed by atoms with E-state index < -0.39 is 0 Å². The van der Waals surface area contributed by atoms with Gasteiger partial charge in [-0.25, -0.2) is 4.98 Å². The van der Waals surface area contributed by atoms with Crippen molar-refractivity contribution in [2.75, 3.05) is 0 Å². The summed E-state index contributed by atoms with van der Waals surface area (Å²) >= 11 is 1.82. The standard InChI is InChI=1S/C48H29N3OS/c1-2-10-34-30(9-1)16-17-31-18-19-32(33-20-21-42-38(26-33)41-29-49-24-22-43(41)51(42)48-15-7-8-23-50-48)25-37(31)40-27-45-39(35-11-3-5-13-44(35)52-45)28-47(40)53-46-14-6-4-12-36(34)46/h1-29H/b17-16-. The van der Waals surface area contributed by atoms with Crippen LogP contribution in [0.3, 0.4) is 0 Å². The molecule has 0 fully saturated rings. The van der Waals surface area contributed by atoms with E-state index >= 15 is 0 Å². The highest BCUT2D eigenvalue weighted by Gasteiger charge is 2.20. The van der Waals surface area contributed by atoms with E-state index in [1.807, 2.05) is 54.6 Å². The third-order valence-electron chi connectivity index (χ3n) is 10.4. The molecule has 0 saturated heterocycles. The Balaban J connectivity index is 1.16. The van der Waals surface area contributed by atoms with Crippen LogP contribution in [0.2, 0.25) is 0 Å². The first-order valence-electron chi connectivity index (χ1n) is 17.7. The number of hydrogen-bond acceptors (Lipinski definition) is 4. The normalized spacial score (nSPS) is 13.0. The fourth-order valence-electron chi connectivity index (χ4n) is 7.90. The van der Waals surface area contributed by atoms with Crippen LogP contribution >= 0.6 is 11.8 Å². The van der Waals surface area contributed by atoms with Crippen LogP contribution in [0.15, 0.2) is 178 Å². The Bertz CT molecular complexity index is 3100. The van der Waals surface area contributed by atoms with Crippen molar-refractivity contribution in [1.29, 1.82) is 0 Å². The molecule has 1 aliphatic heterocycles. The molecule has 0 unspecified atom stereocenters. The molecule has 6 aromatic carbocycles. The molecular formula is C48H29N3OS. The molecule has 0 bridgehead atoms. The first-order valence-corrected chi connectivity index (χ1v) is 18.5. The van der Waals surface area contributed by atoms with E-state index in [0.717, 1.165) is 77.4 Å². The summed E-state index contributed by atoms with van der Waals surface area (Å²) in [5.74, 6) is 0.886. The van der Waals surface area contributed by atoms with Crippen LogP contribution in [0.1, 0.15) is 11.1 Å². The van der Waals surface area contributed by atoms with E-state index in [-0.39, 0.29) is 0 Å². The minimum absolute atomic E-state index is 0.883. The molecule has 0 radical (unpaired) electrons. The average molecular weight is 696 g/mol. The largest absolute Gasteiger partial charge is 0.456 e. The Kier molecular flexibility index (Phi) is 6.76. The summed E-state index contributed by atoms with van der Waals surface area (Å²) in [4.78, 5) is 11.6. The molecule has 0 spiro atoms. The SMILES string of the molecule is C1=C\c2ccc(-c3ccc4c(c3)c3cnccc3n4-c3ccccn3)cc2-c2cc3oc4ccccc4c3cc2Sc2ccccc2-c2ccccc2/1. The van der Waals surface area contributed by atoms with Gasteiger partial charge in [-0.1, -0.05) is 109 Å². The number of fused-ring (bicyclic) bond motifs is 12. The topological polar surface area (TPSA) is 43.9 Å². The van der Waals surface area contributed by atoms with Crippen LogP contribution in [0.4, 0.5) is 0 Å². The van der Waals surface area contributed by atoms with Crippen molar-refractivity contribution in [1.82, 2.24) is 14.5 Å². The molecule has 0 atom stereocenters. The molecule has 5 heterocycles. The molecule has 0 N–H and O–H groups in total. The van der Waals surface area contributed by atoms with Gasteiger partial charge in [0.05, 0.1) is 11.0 Å². The Hall–Kier alpha value is -6.69. The Morgan fingerprint density at radius 3 is 2.17 bits per heavy atom. The molecule has 10 aromatic rings. The van der Waals surface area contributed by atoms with Crippen molar-refractivity contribution in [2.45, 2.75) is 9.79 Å². The number of furan rings is 1. The number of benzene rings is 6. The quantitative estimate of drug-likeness (QED) is 0.181. The molecule has 0 amide bonds. The molecule has 53 heavy (non-hydrogen) atoms. The highest BCUT2D eigenvalue weighted by Crippen LogP contribution is 2.47. The molecule has 11 rings (SSSR count). The van der Waals surface area contributed by atoms with Crippen molar-refractivity contribution < 1.29 is 4.42 Å². The molecule has 1 aliphatic rings. The first-order chi connectivity index (χ1) is 26.3. The van der Waals surface area contributed by atoms with Crippen LogP contribution in [0.5, 0.6) is 0 Å². The lowest BCUT2D eigenvalue weighted by atomic mass is 9.92. The lowest BCUT2D eigenvalue weighted by Crippen LogP contribution is -1.96. The van der Waals surface area contributed by atoms with Crippen molar-refractivity contribution >= 4 is 67.7 Å². The van der Waals surface area contributed by atoms with Crippen molar-refractivity contribution in [3.8, 4) is 39.2 Å². The first kappa shape index (κ1) is 30.0. The van der Waals surface area contributed by atoms with E-state index in [9.17, 15) is 0 Å². The van der Waals surface area contributed by atoms with Crippen LogP contribution in [-0.4, -0.2) is 14.5 Å². The third-order valence-corrected chi connectivity index (χ3v) is 11.5. The van der Waals surface area contributed by atoms with Gasteiger partial charge in [0.1, 0.15) is 17.0 Å². The van der Waals surface area contributed by atoms with Gasteiger partial charge in [-0.2, -0.15) is 0 Å².